The Bertz CT molecular complexity index is 1180. The van der Waals surface area contributed by atoms with Gasteiger partial charge in [0.15, 0.2) is 11.5 Å². The van der Waals surface area contributed by atoms with E-state index in [1.54, 1.807) is 13.3 Å². The zero-order valence-corrected chi connectivity index (χ0v) is 20.5. The van der Waals surface area contributed by atoms with Gasteiger partial charge in [0.1, 0.15) is 19.0 Å². The molecule has 2 N–H and O–H groups in total. The zero-order valence-electron chi connectivity index (χ0n) is 19.7. The molecule has 35 heavy (non-hydrogen) atoms. The lowest BCUT2D eigenvalue weighted by molar-refractivity contribution is -0.0394. The molecule has 1 saturated heterocycles. The number of methoxy groups -OCH3 is 1. The van der Waals surface area contributed by atoms with Crippen molar-refractivity contribution in [3.8, 4) is 17.2 Å². The number of benzene rings is 2. The van der Waals surface area contributed by atoms with E-state index in [9.17, 15) is 5.11 Å². The third-order valence-corrected chi connectivity index (χ3v) is 6.66. The van der Waals surface area contributed by atoms with Crippen LogP contribution in [0.4, 0.5) is 0 Å². The van der Waals surface area contributed by atoms with Gasteiger partial charge in [-0.25, -0.2) is 0 Å². The number of aliphatic hydroxyl groups excluding tert-OH is 1. The Balaban J connectivity index is 1.18. The normalized spacial score (nSPS) is 19.0. The minimum atomic E-state index is -0.760. The van der Waals surface area contributed by atoms with Crippen LogP contribution in [0, 0.1) is 0 Å². The molecule has 0 radical (unpaired) electrons. The fourth-order valence-corrected chi connectivity index (χ4v) is 4.89. The molecule has 9 heteroatoms. The second kappa shape index (κ2) is 11.0. The maximum atomic E-state index is 11.1. The fraction of sp³-hybridized carbons (Fsp3) is 0.423. The largest absolute Gasteiger partial charge is 0.497 e. The first kappa shape index (κ1) is 24.1. The number of β-amino-alcohol motifs (C(OH)–C–C–N with tert-alkyl or cyclic N) is 1. The van der Waals surface area contributed by atoms with Gasteiger partial charge in [-0.3, -0.25) is 9.88 Å². The van der Waals surface area contributed by atoms with Crippen LogP contribution in [0.5, 0.6) is 17.2 Å². The second-order valence-corrected chi connectivity index (χ2v) is 9.19. The Morgan fingerprint density at radius 3 is 2.89 bits per heavy atom. The number of hydrogen-bond donors (Lipinski definition) is 2. The number of aliphatic hydroxyl groups is 1. The Labute approximate surface area is 209 Å². The van der Waals surface area contributed by atoms with Crippen LogP contribution in [-0.2, 0) is 11.3 Å². The van der Waals surface area contributed by atoms with Gasteiger partial charge in [-0.2, -0.15) is 0 Å². The molecule has 186 valence electrons. The van der Waals surface area contributed by atoms with Crippen LogP contribution >= 0.6 is 11.6 Å². The van der Waals surface area contributed by atoms with E-state index in [1.807, 2.05) is 36.4 Å². The summed E-state index contributed by atoms with van der Waals surface area (Å²) in [5.41, 5.74) is 2.58. The third-order valence-electron chi connectivity index (χ3n) is 6.36. The van der Waals surface area contributed by atoms with Crippen LogP contribution in [0.2, 0.25) is 5.02 Å². The summed E-state index contributed by atoms with van der Waals surface area (Å²) in [5, 5.41) is 15.9. The summed E-state index contributed by atoms with van der Waals surface area (Å²) < 4.78 is 22.6. The Kier molecular flexibility index (Phi) is 7.55. The smallest absolute Gasteiger partial charge is 0.161 e. The van der Waals surface area contributed by atoms with Crippen molar-refractivity contribution in [2.75, 3.05) is 53.1 Å². The molecule has 2 aromatic carbocycles. The minimum Gasteiger partial charge on any atom is -0.497 e. The molecule has 8 nitrogen and oxygen atoms in total. The van der Waals surface area contributed by atoms with Crippen LogP contribution in [0.1, 0.15) is 17.2 Å². The first-order chi connectivity index (χ1) is 17.1. The first-order valence-corrected chi connectivity index (χ1v) is 12.2. The van der Waals surface area contributed by atoms with Crippen molar-refractivity contribution in [2.24, 2.45) is 0 Å². The predicted octanol–water partition coefficient (Wildman–Crippen LogP) is 3.19. The van der Waals surface area contributed by atoms with Gasteiger partial charge in [0.2, 0.25) is 0 Å². The number of ether oxygens (including phenoxy) is 4. The zero-order chi connectivity index (χ0) is 24.2. The van der Waals surface area contributed by atoms with Crippen molar-refractivity contribution in [2.45, 2.75) is 18.8 Å². The maximum Gasteiger partial charge on any atom is 0.161 e. The lowest BCUT2D eigenvalue weighted by Crippen LogP contribution is -2.47. The average molecular weight is 500 g/mol. The molecule has 2 atom stereocenters. The predicted molar refractivity (Wildman–Crippen MR) is 134 cm³/mol. The molecule has 0 amide bonds. The van der Waals surface area contributed by atoms with Crippen molar-refractivity contribution < 1.29 is 24.1 Å². The highest BCUT2D eigenvalue weighted by atomic mass is 35.5. The highest BCUT2D eigenvalue weighted by Crippen LogP contribution is 2.33. The molecule has 0 spiro atoms. The Hall–Kier alpha value is -2.62. The summed E-state index contributed by atoms with van der Waals surface area (Å²) in [6.45, 7) is 5.12. The SMILES string of the molecule is COc1ccc2ncc(Cl)c(C(O)CN3CCOC(CNCc4ccc5c(c4)OCCO5)C3)c2c1. The van der Waals surface area contributed by atoms with Gasteiger partial charge >= 0.3 is 0 Å². The van der Waals surface area contributed by atoms with Gasteiger partial charge in [-0.05, 0) is 35.9 Å². The standard InChI is InChI=1S/C26H30ClN3O5/c1-32-18-3-4-22-20(11-18)26(21(27)14-29-22)23(31)16-30-6-7-33-19(15-30)13-28-12-17-2-5-24-25(10-17)35-9-8-34-24/h2-5,10-11,14,19,23,28,31H,6-9,12-13,15-16H2,1H3. The number of hydrogen-bond acceptors (Lipinski definition) is 8. The van der Waals surface area contributed by atoms with E-state index in [4.69, 9.17) is 30.5 Å². The van der Waals surface area contributed by atoms with Crippen molar-refractivity contribution >= 4 is 22.5 Å². The van der Waals surface area contributed by atoms with Crippen LogP contribution in [0.25, 0.3) is 10.9 Å². The van der Waals surface area contributed by atoms with Crippen molar-refractivity contribution in [1.82, 2.24) is 15.2 Å². The van der Waals surface area contributed by atoms with Crippen LogP contribution in [0.15, 0.2) is 42.6 Å². The lowest BCUT2D eigenvalue weighted by Gasteiger charge is -2.34. The molecule has 2 aliphatic rings. The summed E-state index contributed by atoms with van der Waals surface area (Å²) >= 11 is 6.48. The van der Waals surface area contributed by atoms with Gasteiger partial charge in [0.05, 0.1) is 36.5 Å². The molecule has 3 heterocycles. The van der Waals surface area contributed by atoms with Gasteiger partial charge in [0, 0.05) is 49.9 Å². The van der Waals surface area contributed by atoms with Crippen LogP contribution in [-0.4, -0.2) is 74.2 Å². The molecular weight excluding hydrogens is 470 g/mol. The number of rotatable bonds is 8. The molecule has 2 aliphatic heterocycles. The quantitative estimate of drug-likeness (QED) is 0.489. The van der Waals surface area contributed by atoms with E-state index in [-0.39, 0.29) is 6.10 Å². The number of pyridine rings is 1. The summed E-state index contributed by atoms with van der Waals surface area (Å²) in [7, 11) is 1.62. The molecule has 5 rings (SSSR count). The number of halogens is 1. The van der Waals surface area contributed by atoms with Gasteiger partial charge in [0.25, 0.3) is 0 Å². The topological polar surface area (TPSA) is 85.3 Å². The van der Waals surface area contributed by atoms with Crippen LogP contribution in [0.3, 0.4) is 0 Å². The van der Waals surface area contributed by atoms with Crippen molar-refractivity contribution in [3.05, 3.63) is 58.7 Å². The summed E-state index contributed by atoms with van der Waals surface area (Å²) in [6, 6.07) is 11.6. The number of nitrogens with one attached hydrogen (secondary N) is 1. The van der Waals surface area contributed by atoms with Crippen molar-refractivity contribution in [3.63, 3.8) is 0 Å². The summed E-state index contributed by atoms with van der Waals surface area (Å²) in [4.78, 5) is 6.60. The highest BCUT2D eigenvalue weighted by molar-refractivity contribution is 6.32. The number of fused-ring (bicyclic) bond motifs is 2. The third kappa shape index (κ3) is 5.63. The average Bonchev–Trinajstić information content (AvgIpc) is 2.88. The fourth-order valence-electron chi connectivity index (χ4n) is 4.61. The van der Waals surface area contributed by atoms with E-state index in [0.717, 1.165) is 41.1 Å². The summed E-state index contributed by atoms with van der Waals surface area (Å²) in [5.74, 6) is 2.29. The Morgan fingerprint density at radius 1 is 1.17 bits per heavy atom. The molecule has 2 unspecified atom stereocenters. The van der Waals surface area contributed by atoms with Crippen LogP contribution < -0.4 is 19.5 Å². The molecule has 0 aliphatic carbocycles. The monoisotopic (exact) mass is 499 g/mol. The van der Waals surface area contributed by atoms with E-state index in [1.165, 1.54) is 0 Å². The highest BCUT2D eigenvalue weighted by Gasteiger charge is 2.25. The first-order valence-electron chi connectivity index (χ1n) is 11.8. The number of nitrogens with zero attached hydrogens (tertiary/aromatic N) is 2. The summed E-state index contributed by atoms with van der Waals surface area (Å²) in [6.07, 6.45) is 0.862. The van der Waals surface area contributed by atoms with Crippen molar-refractivity contribution in [1.29, 1.82) is 0 Å². The maximum absolute atomic E-state index is 11.1. The molecule has 0 saturated carbocycles. The molecule has 0 bridgehead atoms. The second-order valence-electron chi connectivity index (χ2n) is 8.78. The van der Waals surface area contributed by atoms with E-state index in [0.29, 0.717) is 55.8 Å². The lowest BCUT2D eigenvalue weighted by atomic mass is 10.0. The van der Waals surface area contributed by atoms with E-state index in [2.05, 4.69) is 15.2 Å². The van der Waals surface area contributed by atoms with E-state index >= 15 is 0 Å². The number of aromatic nitrogens is 1. The Morgan fingerprint density at radius 2 is 2.03 bits per heavy atom. The molecule has 1 aromatic heterocycles. The minimum absolute atomic E-state index is 0.0258. The molecule has 1 fully saturated rings. The van der Waals surface area contributed by atoms with E-state index < -0.39 is 6.10 Å². The van der Waals surface area contributed by atoms with Gasteiger partial charge in [-0.1, -0.05) is 17.7 Å². The molecule has 3 aromatic rings. The van der Waals surface area contributed by atoms with Gasteiger partial charge < -0.3 is 29.4 Å². The number of morpholine rings is 1. The molecular formula is C26H30ClN3O5. The van der Waals surface area contributed by atoms with Gasteiger partial charge in [-0.15, -0.1) is 0 Å².